The summed E-state index contributed by atoms with van der Waals surface area (Å²) in [7, 11) is 1.62. The zero-order chi connectivity index (χ0) is 19.1. The van der Waals surface area contributed by atoms with Crippen molar-refractivity contribution in [2.75, 3.05) is 18.2 Å². The molecule has 3 aromatic rings. The smallest absolute Gasteiger partial charge is 0.234 e. The summed E-state index contributed by atoms with van der Waals surface area (Å²) in [6, 6.07) is 22.1. The van der Waals surface area contributed by atoms with Crippen LogP contribution in [0.1, 0.15) is 0 Å². The molecule has 27 heavy (non-hydrogen) atoms. The number of thioether (sulfide) groups is 1. The van der Waals surface area contributed by atoms with Crippen molar-refractivity contribution in [1.29, 1.82) is 0 Å². The molecule has 0 aliphatic rings. The highest BCUT2D eigenvalue weighted by Gasteiger charge is 2.10. The SMILES string of the molecule is COc1ccc(SCC(=O)Nc2cc(Cl)ccc2Oc2ccccc2)cc1. The Balaban J connectivity index is 1.64. The van der Waals surface area contributed by atoms with Crippen LogP contribution in [0.3, 0.4) is 0 Å². The van der Waals surface area contributed by atoms with Crippen molar-refractivity contribution < 1.29 is 14.3 Å². The third kappa shape index (κ3) is 5.67. The van der Waals surface area contributed by atoms with Gasteiger partial charge in [-0.2, -0.15) is 0 Å². The Bertz CT molecular complexity index is 901. The first-order valence-corrected chi connectivity index (χ1v) is 9.59. The normalized spacial score (nSPS) is 10.3. The average Bonchev–Trinajstić information content (AvgIpc) is 2.70. The van der Waals surface area contributed by atoms with Crippen molar-refractivity contribution in [3.63, 3.8) is 0 Å². The summed E-state index contributed by atoms with van der Waals surface area (Å²) in [5.41, 5.74) is 0.534. The Kier molecular flexibility index (Phi) is 6.63. The van der Waals surface area contributed by atoms with Crippen molar-refractivity contribution in [3.8, 4) is 17.2 Å². The molecule has 4 nitrogen and oxygen atoms in total. The Hall–Kier alpha value is -2.63. The number of rotatable bonds is 7. The molecule has 0 saturated heterocycles. The third-order valence-electron chi connectivity index (χ3n) is 3.62. The van der Waals surface area contributed by atoms with Gasteiger partial charge < -0.3 is 14.8 Å². The first-order chi connectivity index (χ1) is 13.1. The quantitative estimate of drug-likeness (QED) is 0.504. The number of benzene rings is 3. The molecule has 0 bridgehead atoms. The van der Waals surface area contributed by atoms with Gasteiger partial charge in [0.25, 0.3) is 0 Å². The molecule has 0 heterocycles. The molecule has 0 aliphatic carbocycles. The van der Waals surface area contributed by atoms with Crippen LogP contribution in [0, 0.1) is 0 Å². The van der Waals surface area contributed by atoms with Gasteiger partial charge in [0, 0.05) is 9.92 Å². The molecule has 0 unspecified atom stereocenters. The number of nitrogens with one attached hydrogen (secondary N) is 1. The third-order valence-corrected chi connectivity index (χ3v) is 4.86. The molecular formula is C21H18ClNO3S. The highest BCUT2D eigenvalue weighted by molar-refractivity contribution is 8.00. The van der Waals surface area contributed by atoms with Gasteiger partial charge >= 0.3 is 0 Å². The first-order valence-electron chi connectivity index (χ1n) is 8.23. The highest BCUT2D eigenvalue weighted by Crippen LogP contribution is 2.32. The Morgan fingerprint density at radius 3 is 2.44 bits per heavy atom. The second-order valence-electron chi connectivity index (χ2n) is 5.57. The number of hydrogen-bond donors (Lipinski definition) is 1. The van der Waals surface area contributed by atoms with Crippen molar-refractivity contribution in [2.45, 2.75) is 4.90 Å². The molecule has 0 spiro atoms. The summed E-state index contributed by atoms with van der Waals surface area (Å²) >= 11 is 7.52. The number of anilines is 1. The van der Waals surface area contributed by atoms with Gasteiger partial charge in [0.15, 0.2) is 5.75 Å². The van der Waals surface area contributed by atoms with Crippen LogP contribution < -0.4 is 14.8 Å². The molecule has 1 N–H and O–H groups in total. The molecule has 6 heteroatoms. The number of carbonyl (C=O) groups is 1. The first kappa shape index (κ1) is 19.1. The molecule has 3 rings (SSSR count). The van der Waals surface area contributed by atoms with E-state index in [1.54, 1.807) is 25.3 Å². The van der Waals surface area contributed by atoms with E-state index in [0.717, 1.165) is 10.6 Å². The minimum Gasteiger partial charge on any atom is -0.497 e. The van der Waals surface area contributed by atoms with Gasteiger partial charge in [-0.15, -0.1) is 11.8 Å². The highest BCUT2D eigenvalue weighted by atomic mass is 35.5. The van der Waals surface area contributed by atoms with E-state index in [9.17, 15) is 4.79 Å². The molecule has 0 fully saturated rings. The standard InChI is InChI=1S/C21H18ClNO3S/c1-25-16-8-10-18(11-9-16)27-14-21(24)23-19-13-15(22)7-12-20(19)26-17-5-3-2-4-6-17/h2-13H,14H2,1H3,(H,23,24). The summed E-state index contributed by atoms with van der Waals surface area (Å²) in [6.45, 7) is 0. The lowest BCUT2D eigenvalue weighted by Gasteiger charge is -2.13. The van der Waals surface area contributed by atoms with Gasteiger partial charge in [-0.1, -0.05) is 29.8 Å². The molecular weight excluding hydrogens is 382 g/mol. The van der Waals surface area contributed by atoms with Crippen molar-refractivity contribution in [3.05, 3.63) is 77.8 Å². The Morgan fingerprint density at radius 1 is 1.00 bits per heavy atom. The van der Waals surface area contributed by atoms with Crippen LogP contribution in [-0.4, -0.2) is 18.8 Å². The summed E-state index contributed by atoms with van der Waals surface area (Å²) in [4.78, 5) is 13.4. The number of amides is 1. The number of ether oxygens (including phenoxy) is 2. The fourth-order valence-corrected chi connectivity index (χ4v) is 3.18. The van der Waals surface area contributed by atoms with Crippen LogP contribution >= 0.6 is 23.4 Å². The topological polar surface area (TPSA) is 47.6 Å². The fourth-order valence-electron chi connectivity index (χ4n) is 2.31. The number of methoxy groups -OCH3 is 1. The van der Waals surface area contributed by atoms with Crippen molar-refractivity contribution in [1.82, 2.24) is 0 Å². The maximum atomic E-state index is 12.4. The van der Waals surface area contributed by atoms with Gasteiger partial charge in [-0.3, -0.25) is 4.79 Å². The van der Waals surface area contributed by atoms with Crippen LogP contribution in [0.25, 0.3) is 0 Å². The van der Waals surface area contributed by atoms with Crippen LogP contribution in [0.5, 0.6) is 17.2 Å². The maximum Gasteiger partial charge on any atom is 0.234 e. The number of para-hydroxylation sites is 1. The summed E-state index contributed by atoms with van der Waals surface area (Å²) in [5, 5.41) is 3.39. The van der Waals surface area contributed by atoms with Gasteiger partial charge in [0.05, 0.1) is 18.6 Å². The second-order valence-corrected chi connectivity index (χ2v) is 7.05. The van der Waals surface area contributed by atoms with E-state index in [1.807, 2.05) is 54.6 Å². The van der Waals surface area contributed by atoms with Crippen LogP contribution in [0.4, 0.5) is 5.69 Å². The summed E-state index contributed by atoms with van der Waals surface area (Å²) in [6.07, 6.45) is 0. The van der Waals surface area contributed by atoms with E-state index in [1.165, 1.54) is 11.8 Å². The lowest BCUT2D eigenvalue weighted by molar-refractivity contribution is -0.113. The molecule has 138 valence electrons. The average molecular weight is 400 g/mol. The van der Waals surface area contributed by atoms with Gasteiger partial charge in [0.1, 0.15) is 11.5 Å². The Labute approximate surface area is 167 Å². The predicted molar refractivity (Wildman–Crippen MR) is 110 cm³/mol. The van der Waals surface area contributed by atoms with Crippen molar-refractivity contribution >= 4 is 35.0 Å². The van der Waals surface area contributed by atoms with E-state index in [-0.39, 0.29) is 11.7 Å². The number of halogens is 1. The van der Waals surface area contributed by atoms with E-state index < -0.39 is 0 Å². The van der Waals surface area contributed by atoms with Crippen LogP contribution in [0.15, 0.2) is 77.7 Å². The molecule has 3 aromatic carbocycles. The van der Waals surface area contributed by atoms with Gasteiger partial charge in [-0.05, 0) is 54.6 Å². The zero-order valence-electron chi connectivity index (χ0n) is 14.6. The molecule has 0 aliphatic heterocycles. The molecule has 0 atom stereocenters. The van der Waals surface area contributed by atoms with E-state index in [2.05, 4.69) is 5.32 Å². The van der Waals surface area contributed by atoms with E-state index >= 15 is 0 Å². The molecule has 1 amide bonds. The largest absolute Gasteiger partial charge is 0.497 e. The van der Waals surface area contributed by atoms with E-state index in [4.69, 9.17) is 21.1 Å². The Morgan fingerprint density at radius 2 is 1.74 bits per heavy atom. The van der Waals surface area contributed by atoms with Crippen LogP contribution in [0.2, 0.25) is 5.02 Å². The number of hydrogen-bond acceptors (Lipinski definition) is 4. The molecule has 0 saturated carbocycles. The molecule has 0 aromatic heterocycles. The minimum atomic E-state index is -0.143. The summed E-state index contributed by atoms with van der Waals surface area (Å²) in [5.74, 6) is 2.13. The monoisotopic (exact) mass is 399 g/mol. The maximum absolute atomic E-state index is 12.4. The minimum absolute atomic E-state index is 0.143. The van der Waals surface area contributed by atoms with Crippen molar-refractivity contribution in [2.24, 2.45) is 0 Å². The van der Waals surface area contributed by atoms with Gasteiger partial charge in [0.2, 0.25) is 5.91 Å². The fraction of sp³-hybridized carbons (Fsp3) is 0.0952. The zero-order valence-corrected chi connectivity index (χ0v) is 16.2. The van der Waals surface area contributed by atoms with E-state index in [0.29, 0.717) is 22.2 Å². The molecule has 0 radical (unpaired) electrons. The van der Waals surface area contributed by atoms with Crippen LogP contribution in [-0.2, 0) is 4.79 Å². The number of carbonyl (C=O) groups excluding carboxylic acids is 1. The lowest BCUT2D eigenvalue weighted by Crippen LogP contribution is -2.14. The lowest BCUT2D eigenvalue weighted by atomic mass is 10.3. The van der Waals surface area contributed by atoms with Gasteiger partial charge in [-0.25, -0.2) is 0 Å². The summed E-state index contributed by atoms with van der Waals surface area (Å²) < 4.78 is 11.0. The predicted octanol–water partition coefficient (Wildman–Crippen LogP) is 5.87. The second kappa shape index (κ2) is 9.35.